The van der Waals surface area contributed by atoms with Crippen molar-refractivity contribution in [2.45, 2.75) is 51.2 Å². The molecule has 4 nitrogen and oxygen atoms in total. The van der Waals surface area contributed by atoms with Crippen LogP contribution in [0.2, 0.25) is 0 Å². The van der Waals surface area contributed by atoms with E-state index in [-0.39, 0.29) is 5.69 Å². The molecule has 2 N–H and O–H groups in total. The van der Waals surface area contributed by atoms with Crippen molar-refractivity contribution in [1.82, 2.24) is 0 Å². The van der Waals surface area contributed by atoms with Crippen LogP contribution in [0.1, 0.15) is 39.2 Å². The van der Waals surface area contributed by atoms with Crippen LogP contribution in [0.3, 0.4) is 0 Å². The van der Waals surface area contributed by atoms with Crippen LogP contribution in [0.4, 0.5) is 14.9 Å². The van der Waals surface area contributed by atoms with Crippen LogP contribution >= 0.6 is 0 Å². The highest BCUT2D eigenvalue weighted by Crippen LogP contribution is 2.38. The van der Waals surface area contributed by atoms with Crippen LogP contribution in [-0.2, 0) is 11.2 Å². The van der Waals surface area contributed by atoms with Gasteiger partial charge in [0.05, 0.1) is 11.3 Å². The van der Waals surface area contributed by atoms with Gasteiger partial charge in [0, 0.05) is 6.42 Å². The first-order valence-electron chi connectivity index (χ1n) is 6.68. The van der Waals surface area contributed by atoms with Crippen molar-refractivity contribution in [3.63, 3.8) is 0 Å². The number of carbonyl (C=O) groups excluding carboxylic acids is 1. The summed E-state index contributed by atoms with van der Waals surface area (Å²) in [5.74, 6) is -0.526. The van der Waals surface area contributed by atoms with Gasteiger partial charge in [0.15, 0.2) is 0 Å². The molecule has 0 bridgehead atoms. The zero-order chi connectivity index (χ0) is 15.0. The number of benzene rings is 1. The van der Waals surface area contributed by atoms with Gasteiger partial charge in [-0.15, -0.1) is 0 Å². The van der Waals surface area contributed by atoms with Crippen LogP contribution in [0.5, 0.6) is 0 Å². The molecule has 1 saturated carbocycles. The number of halogens is 1. The maximum atomic E-state index is 13.7. The first-order valence-corrected chi connectivity index (χ1v) is 6.68. The molecule has 1 aliphatic carbocycles. The fourth-order valence-corrected chi connectivity index (χ4v) is 1.89. The number of aliphatic hydroxyl groups is 1. The Kier molecular flexibility index (Phi) is 3.73. The van der Waals surface area contributed by atoms with Crippen molar-refractivity contribution in [3.05, 3.63) is 29.6 Å². The number of rotatable bonds is 3. The van der Waals surface area contributed by atoms with E-state index in [1.54, 1.807) is 26.8 Å². The molecule has 0 radical (unpaired) electrons. The molecule has 20 heavy (non-hydrogen) atoms. The predicted molar refractivity (Wildman–Crippen MR) is 74.1 cm³/mol. The van der Waals surface area contributed by atoms with E-state index in [0.717, 1.165) is 18.4 Å². The highest BCUT2D eigenvalue weighted by molar-refractivity contribution is 5.85. The van der Waals surface area contributed by atoms with Gasteiger partial charge < -0.3 is 9.84 Å². The van der Waals surface area contributed by atoms with Crippen LogP contribution in [0, 0.1) is 5.82 Å². The molecule has 0 atom stereocenters. The summed E-state index contributed by atoms with van der Waals surface area (Å²) in [6.45, 7) is 5.21. The topological polar surface area (TPSA) is 58.6 Å². The highest BCUT2D eigenvalue weighted by Gasteiger charge is 2.40. The Morgan fingerprint density at radius 2 is 2.10 bits per heavy atom. The Balaban J connectivity index is 2.06. The fourth-order valence-electron chi connectivity index (χ4n) is 1.89. The molecule has 0 unspecified atom stereocenters. The molecule has 1 fully saturated rings. The van der Waals surface area contributed by atoms with Gasteiger partial charge in [-0.1, -0.05) is 6.07 Å². The van der Waals surface area contributed by atoms with E-state index < -0.39 is 23.1 Å². The molecule has 1 aromatic rings. The van der Waals surface area contributed by atoms with Crippen LogP contribution in [0.25, 0.3) is 0 Å². The van der Waals surface area contributed by atoms with Gasteiger partial charge in [0.25, 0.3) is 0 Å². The lowest BCUT2D eigenvalue weighted by atomic mass is 10.1. The lowest BCUT2D eigenvalue weighted by Crippen LogP contribution is -2.27. The highest BCUT2D eigenvalue weighted by atomic mass is 19.1. The first-order chi connectivity index (χ1) is 9.17. The average Bonchev–Trinajstić information content (AvgIpc) is 2.98. The predicted octanol–water partition coefficient (Wildman–Crippen LogP) is 3.24. The third-order valence-electron chi connectivity index (χ3n) is 3.03. The summed E-state index contributed by atoms with van der Waals surface area (Å²) in [6.07, 6.45) is 1.30. The van der Waals surface area contributed by atoms with Gasteiger partial charge in [0.2, 0.25) is 0 Å². The minimum absolute atomic E-state index is 0.0704. The summed E-state index contributed by atoms with van der Waals surface area (Å²) in [5, 5.41) is 12.3. The van der Waals surface area contributed by atoms with Gasteiger partial charge in [-0.05, 0) is 51.3 Å². The molecule has 0 aromatic heterocycles. The SMILES string of the molecule is CC(C)(C)OC(=O)Nc1cc(CC2(O)CC2)ccc1F. The van der Waals surface area contributed by atoms with Gasteiger partial charge in [-0.25, -0.2) is 9.18 Å². The number of hydrogen-bond acceptors (Lipinski definition) is 3. The maximum Gasteiger partial charge on any atom is 0.412 e. The number of ether oxygens (including phenoxy) is 1. The van der Waals surface area contributed by atoms with Gasteiger partial charge in [-0.3, -0.25) is 5.32 Å². The molecule has 0 aliphatic heterocycles. The van der Waals surface area contributed by atoms with Crippen molar-refractivity contribution >= 4 is 11.8 Å². The van der Waals surface area contributed by atoms with Crippen LogP contribution < -0.4 is 5.32 Å². The second-order valence-electron chi connectivity index (χ2n) is 6.34. The van der Waals surface area contributed by atoms with Crippen molar-refractivity contribution < 1.29 is 19.0 Å². The van der Waals surface area contributed by atoms with Crippen molar-refractivity contribution in [2.24, 2.45) is 0 Å². The summed E-state index contributed by atoms with van der Waals surface area (Å²) >= 11 is 0. The Hall–Kier alpha value is -1.62. The van der Waals surface area contributed by atoms with Crippen LogP contribution in [0.15, 0.2) is 18.2 Å². The van der Waals surface area contributed by atoms with Gasteiger partial charge in [-0.2, -0.15) is 0 Å². The molecular formula is C15H20FNO3. The van der Waals surface area contributed by atoms with Gasteiger partial charge in [0.1, 0.15) is 11.4 Å². The summed E-state index contributed by atoms with van der Waals surface area (Å²) in [5.41, 5.74) is -0.430. The average molecular weight is 281 g/mol. The van der Waals surface area contributed by atoms with E-state index in [0.29, 0.717) is 6.42 Å². The minimum Gasteiger partial charge on any atom is -0.444 e. The number of carbonyl (C=O) groups is 1. The molecule has 0 spiro atoms. The zero-order valence-corrected chi connectivity index (χ0v) is 12.0. The minimum atomic E-state index is -0.696. The monoisotopic (exact) mass is 281 g/mol. The summed E-state index contributed by atoms with van der Waals surface area (Å²) in [6, 6.07) is 4.44. The Morgan fingerprint density at radius 3 is 2.65 bits per heavy atom. The van der Waals surface area contributed by atoms with Crippen LogP contribution in [-0.4, -0.2) is 22.4 Å². The van der Waals surface area contributed by atoms with E-state index in [2.05, 4.69) is 5.32 Å². The number of hydrogen-bond donors (Lipinski definition) is 2. The fraction of sp³-hybridized carbons (Fsp3) is 0.533. The lowest BCUT2D eigenvalue weighted by molar-refractivity contribution is 0.0635. The molecular weight excluding hydrogens is 261 g/mol. The Bertz CT molecular complexity index is 518. The molecule has 1 aromatic carbocycles. The normalized spacial score (nSPS) is 16.6. The van der Waals surface area contributed by atoms with E-state index in [9.17, 15) is 14.3 Å². The molecule has 1 aliphatic rings. The number of anilines is 1. The van der Waals surface area contributed by atoms with Crippen molar-refractivity contribution in [3.8, 4) is 0 Å². The second-order valence-corrected chi connectivity index (χ2v) is 6.34. The largest absolute Gasteiger partial charge is 0.444 e. The third kappa shape index (κ3) is 4.20. The molecule has 0 saturated heterocycles. The third-order valence-corrected chi connectivity index (χ3v) is 3.03. The summed E-state index contributed by atoms with van der Waals surface area (Å²) in [4.78, 5) is 11.6. The molecule has 0 heterocycles. The van der Waals surface area contributed by atoms with E-state index in [1.807, 2.05) is 0 Å². The van der Waals surface area contributed by atoms with Crippen molar-refractivity contribution in [1.29, 1.82) is 0 Å². The van der Waals surface area contributed by atoms with E-state index in [4.69, 9.17) is 4.74 Å². The maximum absolute atomic E-state index is 13.7. The quantitative estimate of drug-likeness (QED) is 0.894. The van der Waals surface area contributed by atoms with Crippen molar-refractivity contribution in [2.75, 3.05) is 5.32 Å². The summed E-state index contributed by atoms with van der Waals surface area (Å²) < 4.78 is 18.8. The number of nitrogens with one attached hydrogen (secondary N) is 1. The molecule has 5 heteroatoms. The Morgan fingerprint density at radius 1 is 1.45 bits per heavy atom. The summed E-state index contributed by atoms with van der Waals surface area (Å²) in [7, 11) is 0. The standard InChI is InChI=1S/C15H20FNO3/c1-14(2,3)20-13(18)17-12-8-10(4-5-11(12)16)9-15(19)6-7-15/h4-5,8,19H,6-7,9H2,1-3H3,(H,17,18). The molecule has 110 valence electrons. The van der Waals surface area contributed by atoms with Gasteiger partial charge >= 0.3 is 6.09 Å². The Labute approximate surface area is 117 Å². The van der Waals surface area contributed by atoms with E-state index in [1.165, 1.54) is 12.1 Å². The smallest absolute Gasteiger partial charge is 0.412 e. The number of amides is 1. The molecule has 2 rings (SSSR count). The zero-order valence-electron chi connectivity index (χ0n) is 12.0. The van der Waals surface area contributed by atoms with E-state index >= 15 is 0 Å². The second kappa shape index (κ2) is 5.05. The molecule has 1 amide bonds. The first kappa shape index (κ1) is 14.8. The lowest BCUT2D eigenvalue weighted by Gasteiger charge is -2.20.